The van der Waals surface area contributed by atoms with Crippen molar-refractivity contribution in [3.8, 4) is 0 Å². The molecule has 0 radical (unpaired) electrons. The molecule has 0 fully saturated rings. The Morgan fingerprint density at radius 3 is 2.19 bits per heavy atom. The molecule has 3 aromatic rings. The summed E-state index contributed by atoms with van der Waals surface area (Å²) in [6, 6.07) is 18.5. The number of anilines is 1. The Balaban J connectivity index is 2.04. The minimum Gasteiger partial charge on any atom is -0.357 e. The summed E-state index contributed by atoms with van der Waals surface area (Å²) >= 11 is 15.6. The number of rotatable bonds is 9. The van der Waals surface area contributed by atoms with Gasteiger partial charge in [0.1, 0.15) is 12.6 Å². The highest BCUT2D eigenvalue weighted by molar-refractivity contribution is 9.10. The van der Waals surface area contributed by atoms with E-state index < -0.39 is 28.5 Å². The molecule has 0 saturated heterocycles. The van der Waals surface area contributed by atoms with Crippen molar-refractivity contribution in [1.29, 1.82) is 0 Å². The summed E-state index contributed by atoms with van der Waals surface area (Å²) in [7, 11) is -2.69. The molecule has 0 aliphatic heterocycles. The number of hydrogen-bond donors (Lipinski definition) is 1. The normalized spacial score (nSPS) is 12.0. The lowest BCUT2D eigenvalue weighted by atomic mass is 10.1. The molecule has 0 aliphatic rings. The molecule has 0 bridgehead atoms. The van der Waals surface area contributed by atoms with E-state index in [0.29, 0.717) is 0 Å². The van der Waals surface area contributed by atoms with Crippen LogP contribution < -0.4 is 9.62 Å². The second-order valence-electron chi connectivity index (χ2n) is 7.86. The quantitative estimate of drug-likeness (QED) is 0.364. The standard InChI is InChI=1S/C25H24BrCl2N3O4S/c1-17(25(33)29-2)30(15-18-8-10-19(26)11-9-18)24(32)16-31(20-12-13-22(27)23(28)14-20)36(34,35)21-6-4-3-5-7-21/h3-14,17H,15-16H2,1-2H3,(H,29,33). The summed E-state index contributed by atoms with van der Waals surface area (Å²) in [5, 5.41) is 2.93. The van der Waals surface area contributed by atoms with Crippen LogP contribution in [-0.4, -0.2) is 44.8 Å². The summed E-state index contributed by atoms with van der Waals surface area (Å²) in [5.41, 5.74) is 0.937. The number of halogens is 3. The van der Waals surface area contributed by atoms with Crippen molar-refractivity contribution in [3.05, 3.63) is 92.9 Å². The maximum atomic E-state index is 13.7. The van der Waals surface area contributed by atoms with Crippen LogP contribution >= 0.6 is 39.1 Å². The smallest absolute Gasteiger partial charge is 0.264 e. The molecule has 0 saturated carbocycles. The third-order valence-electron chi connectivity index (χ3n) is 5.48. The number of sulfonamides is 1. The van der Waals surface area contributed by atoms with Gasteiger partial charge in [0, 0.05) is 18.1 Å². The first kappa shape index (κ1) is 28.0. The first-order chi connectivity index (χ1) is 17.0. The molecular formula is C25H24BrCl2N3O4S. The Labute approximate surface area is 229 Å². The Morgan fingerprint density at radius 1 is 0.972 bits per heavy atom. The van der Waals surface area contributed by atoms with E-state index in [9.17, 15) is 18.0 Å². The number of carbonyl (C=O) groups excluding carboxylic acids is 2. The van der Waals surface area contributed by atoms with Crippen LogP contribution in [0.5, 0.6) is 0 Å². The number of amides is 2. The fraction of sp³-hybridized carbons (Fsp3) is 0.200. The highest BCUT2D eigenvalue weighted by Crippen LogP contribution is 2.31. The van der Waals surface area contributed by atoms with Crippen molar-refractivity contribution < 1.29 is 18.0 Å². The molecule has 11 heteroatoms. The van der Waals surface area contributed by atoms with E-state index in [2.05, 4.69) is 21.2 Å². The highest BCUT2D eigenvalue weighted by atomic mass is 79.9. The van der Waals surface area contributed by atoms with Crippen LogP contribution in [0, 0.1) is 0 Å². The lowest BCUT2D eigenvalue weighted by molar-refractivity contribution is -0.139. The molecule has 7 nitrogen and oxygen atoms in total. The molecule has 1 unspecified atom stereocenters. The van der Waals surface area contributed by atoms with Gasteiger partial charge in [-0.3, -0.25) is 13.9 Å². The van der Waals surface area contributed by atoms with Crippen LogP contribution in [0.15, 0.2) is 82.2 Å². The highest BCUT2D eigenvalue weighted by Gasteiger charge is 2.32. The molecule has 190 valence electrons. The molecule has 2 amide bonds. The van der Waals surface area contributed by atoms with Crippen molar-refractivity contribution in [2.24, 2.45) is 0 Å². The Hall–Kier alpha value is -2.59. The van der Waals surface area contributed by atoms with E-state index in [1.54, 1.807) is 25.1 Å². The number of likely N-dealkylation sites (N-methyl/N-ethyl adjacent to an activating group) is 1. The van der Waals surface area contributed by atoms with Gasteiger partial charge in [-0.1, -0.05) is 69.5 Å². The average molecular weight is 613 g/mol. The van der Waals surface area contributed by atoms with Gasteiger partial charge in [-0.2, -0.15) is 0 Å². The largest absolute Gasteiger partial charge is 0.357 e. The SMILES string of the molecule is CNC(=O)C(C)N(Cc1ccc(Br)cc1)C(=O)CN(c1ccc(Cl)c(Cl)c1)S(=O)(=O)c1ccccc1. The Kier molecular flexibility index (Phi) is 9.41. The third-order valence-corrected chi connectivity index (χ3v) is 8.54. The van der Waals surface area contributed by atoms with Gasteiger partial charge < -0.3 is 10.2 Å². The predicted molar refractivity (Wildman–Crippen MR) is 146 cm³/mol. The minimum atomic E-state index is -4.16. The number of nitrogens with zero attached hydrogens (tertiary/aromatic N) is 2. The van der Waals surface area contributed by atoms with Crippen LogP contribution in [0.3, 0.4) is 0 Å². The lowest BCUT2D eigenvalue weighted by Gasteiger charge is -2.31. The topological polar surface area (TPSA) is 86.8 Å². The molecule has 36 heavy (non-hydrogen) atoms. The van der Waals surface area contributed by atoms with E-state index in [-0.39, 0.29) is 33.1 Å². The van der Waals surface area contributed by atoms with Gasteiger partial charge in [0.25, 0.3) is 10.0 Å². The molecule has 0 aromatic heterocycles. The van der Waals surface area contributed by atoms with Gasteiger partial charge in [-0.25, -0.2) is 8.42 Å². The van der Waals surface area contributed by atoms with Crippen molar-refractivity contribution in [2.75, 3.05) is 17.9 Å². The molecule has 0 spiro atoms. The zero-order valence-corrected chi connectivity index (χ0v) is 23.4. The van der Waals surface area contributed by atoms with Gasteiger partial charge in [-0.05, 0) is 55.0 Å². The average Bonchev–Trinajstić information content (AvgIpc) is 2.88. The maximum Gasteiger partial charge on any atom is 0.264 e. The fourth-order valence-electron chi connectivity index (χ4n) is 3.47. The number of benzene rings is 3. The summed E-state index contributed by atoms with van der Waals surface area (Å²) in [4.78, 5) is 27.5. The van der Waals surface area contributed by atoms with E-state index in [0.717, 1.165) is 14.3 Å². The predicted octanol–water partition coefficient (Wildman–Crippen LogP) is 5.11. The van der Waals surface area contributed by atoms with Crippen molar-refractivity contribution >= 4 is 66.7 Å². The first-order valence-corrected chi connectivity index (χ1v) is 13.8. The summed E-state index contributed by atoms with van der Waals surface area (Å²) in [5.74, 6) is -0.952. The zero-order chi connectivity index (χ0) is 26.5. The summed E-state index contributed by atoms with van der Waals surface area (Å²) in [6.45, 7) is 1.12. The zero-order valence-electron chi connectivity index (χ0n) is 19.5. The number of hydrogen-bond acceptors (Lipinski definition) is 4. The molecule has 1 atom stereocenters. The second-order valence-corrected chi connectivity index (χ2v) is 11.5. The van der Waals surface area contributed by atoms with Crippen molar-refractivity contribution in [3.63, 3.8) is 0 Å². The van der Waals surface area contributed by atoms with E-state index in [4.69, 9.17) is 23.2 Å². The van der Waals surface area contributed by atoms with Crippen LogP contribution in [0.25, 0.3) is 0 Å². The Bertz CT molecular complexity index is 1340. The lowest BCUT2D eigenvalue weighted by Crippen LogP contribution is -2.50. The van der Waals surface area contributed by atoms with E-state index >= 15 is 0 Å². The van der Waals surface area contributed by atoms with Crippen LogP contribution in [-0.2, 0) is 26.2 Å². The molecule has 3 aromatic carbocycles. The van der Waals surface area contributed by atoms with Gasteiger partial charge in [-0.15, -0.1) is 0 Å². The van der Waals surface area contributed by atoms with Gasteiger partial charge >= 0.3 is 0 Å². The van der Waals surface area contributed by atoms with Crippen molar-refractivity contribution in [1.82, 2.24) is 10.2 Å². The third kappa shape index (κ3) is 6.59. The van der Waals surface area contributed by atoms with E-state index in [1.807, 2.05) is 24.3 Å². The molecule has 1 N–H and O–H groups in total. The fourth-order valence-corrected chi connectivity index (χ4v) is 5.45. The maximum absolute atomic E-state index is 13.7. The van der Waals surface area contributed by atoms with E-state index in [1.165, 1.54) is 42.3 Å². The monoisotopic (exact) mass is 611 g/mol. The summed E-state index contributed by atoms with van der Waals surface area (Å²) in [6.07, 6.45) is 0. The molecule has 0 aliphatic carbocycles. The number of carbonyl (C=O) groups is 2. The minimum absolute atomic E-state index is 0.00248. The van der Waals surface area contributed by atoms with Gasteiger partial charge in [0.05, 0.1) is 20.6 Å². The number of nitrogens with one attached hydrogen (secondary N) is 1. The van der Waals surface area contributed by atoms with Crippen LogP contribution in [0.2, 0.25) is 10.0 Å². The molecular weight excluding hydrogens is 589 g/mol. The van der Waals surface area contributed by atoms with Crippen molar-refractivity contribution in [2.45, 2.75) is 24.4 Å². The summed E-state index contributed by atoms with van der Waals surface area (Å²) < 4.78 is 29.1. The molecule has 3 rings (SSSR count). The van der Waals surface area contributed by atoms with Gasteiger partial charge in [0.2, 0.25) is 11.8 Å². The van der Waals surface area contributed by atoms with Gasteiger partial charge in [0.15, 0.2) is 0 Å². The second kappa shape index (κ2) is 12.1. The van der Waals surface area contributed by atoms with Crippen LogP contribution in [0.4, 0.5) is 5.69 Å². The van der Waals surface area contributed by atoms with Crippen LogP contribution in [0.1, 0.15) is 12.5 Å². The Morgan fingerprint density at radius 2 is 1.61 bits per heavy atom. The first-order valence-electron chi connectivity index (χ1n) is 10.8. The molecule has 0 heterocycles.